The number of nitro benzene ring substituents is 1. The zero-order valence-corrected chi connectivity index (χ0v) is 11.9. The highest BCUT2D eigenvalue weighted by atomic mass is 16.6. The van der Waals surface area contributed by atoms with E-state index in [4.69, 9.17) is 14.2 Å². The third kappa shape index (κ3) is 3.32. The summed E-state index contributed by atoms with van der Waals surface area (Å²) in [5, 5.41) is 10.6. The number of methoxy groups -OCH3 is 2. The summed E-state index contributed by atoms with van der Waals surface area (Å²) < 4.78 is 15.3. The van der Waals surface area contributed by atoms with E-state index in [1.165, 1.54) is 50.6 Å². The molecule has 0 aromatic heterocycles. The molecular formula is C15H13NO6. The van der Waals surface area contributed by atoms with Gasteiger partial charge in [-0.25, -0.2) is 4.79 Å². The topological polar surface area (TPSA) is 87.9 Å². The lowest BCUT2D eigenvalue weighted by Gasteiger charge is -2.09. The Morgan fingerprint density at radius 2 is 1.64 bits per heavy atom. The highest BCUT2D eigenvalue weighted by Crippen LogP contribution is 2.28. The number of benzene rings is 2. The molecule has 0 radical (unpaired) electrons. The fourth-order valence-electron chi connectivity index (χ4n) is 1.77. The minimum absolute atomic E-state index is 0.0779. The van der Waals surface area contributed by atoms with Crippen LogP contribution in [0.3, 0.4) is 0 Å². The fraction of sp³-hybridized carbons (Fsp3) is 0.133. The first-order valence-electron chi connectivity index (χ1n) is 6.24. The van der Waals surface area contributed by atoms with Crippen LogP contribution in [0.15, 0.2) is 42.5 Å². The number of esters is 1. The van der Waals surface area contributed by atoms with Gasteiger partial charge < -0.3 is 14.2 Å². The van der Waals surface area contributed by atoms with Crippen LogP contribution >= 0.6 is 0 Å². The van der Waals surface area contributed by atoms with Gasteiger partial charge in [-0.05, 0) is 30.3 Å². The number of nitrogens with zero attached hydrogens (tertiary/aromatic N) is 1. The van der Waals surface area contributed by atoms with Gasteiger partial charge in [-0.3, -0.25) is 10.1 Å². The van der Waals surface area contributed by atoms with Crippen LogP contribution in [-0.2, 0) is 0 Å². The summed E-state index contributed by atoms with van der Waals surface area (Å²) in [4.78, 5) is 22.1. The Labute approximate surface area is 126 Å². The predicted molar refractivity (Wildman–Crippen MR) is 77.6 cm³/mol. The van der Waals surface area contributed by atoms with Gasteiger partial charge in [0, 0.05) is 12.1 Å². The highest BCUT2D eigenvalue weighted by molar-refractivity contribution is 5.91. The summed E-state index contributed by atoms with van der Waals surface area (Å²) >= 11 is 0. The molecule has 0 aliphatic rings. The van der Waals surface area contributed by atoms with E-state index in [1.54, 1.807) is 6.07 Å². The SMILES string of the molecule is COc1ccc(C(=O)Oc2ccc([N+](=O)[O-])cc2)cc1OC. The van der Waals surface area contributed by atoms with Gasteiger partial charge in [-0.2, -0.15) is 0 Å². The third-order valence-electron chi connectivity index (χ3n) is 2.88. The Hall–Kier alpha value is -3.09. The molecule has 7 heteroatoms. The largest absolute Gasteiger partial charge is 0.493 e. The molecule has 2 aromatic rings. The van der Waals surface area contributed by atoms with E-state index in [9.17, 15) is 14.9 Å². The molecule has 22 heavy (non-hydrogen) atoms. The Morgan fingerprint density at radius 3 is 2.18 bits per heavy atom. The highest BCUT2D eigenvalue weighted by Gasteiger charge is 2.13. The molecule has 0 atom stereocenters. The second-order valence-corrected chi connectivity index (χ2v) is 4.21. The van der Waals surface area contributed by atoms with Gasteiger partial charge in [-0.1, -0.05) is 0 Å². The van der Waals surface area contributed by atoms with Crippen molar-refractivity contribution in [2.45, 2.75) is 0 Å². The summed E-state index contributed by atoms with van der Waals surface area (Å²) in [5.41, 5.74) is 0.196. The van der Waals surface area contributed by atoms with E-state index in [1.807, 2.05) is 0 Å². The summed E-state index contributed by atoms with van der Waals surface area (Å²) in [6.45, 7) is 0. The van der Waals surface area contributed by atoms with Crippen LogP contribution in [0.25, 0.3) is 0 Å². The lowest BCUT2D eigenvalue weighted by Crippen LogP contribution is -2.08. The van der Waals surface area contributed by atoms with E-state index >= 15 is 0 Å². The summed E-state index contributed by atoms with van der Waals surface area (Å²) in [5.74, 6) is 0.509. The molecule has 0 N–H and O–H groups in total. The Kier molecular flexibility index (Phi) is 4.57. The molecular weight excluding hydrogens is 290 g/mol. The molecule has 2 rings (SSSR count). The number of carbonyl (C=O) groups excluding carboxylic acids is 1. The molecule has 2 aromatic carbocycles. The number of ether oxygens (including phenoxy) is 3. The zero-order chi connectivity index (χ0) is 16.1. The average molecular weight is 303 g/mol. The Balaban J connectivity index is 2.16. The van der Waals surface area contributed by atoms with Gasteiger partial charge in [0.2, 0.25) is 0 Å². The Bertz CT molecular complexity index is 696. The van der Waals surface area contributed by atoms with Gasteiger partial charge >= 0.3 is 5.97 Å². The van der Waals surface area contributed by atoms with Crippen LogP contribution in [0, 0.1) is 10.1 Å². The van der Waals surface area contributed by atoms with Crippen molar-refractivity contribution in [2.24, 2.45) is 0 Å². The first kappa shape index (κ1) is 15.3. The van der Waals surface area contributed by atoms with Gasteiger partial charge in [-0.15, -0.1) is 0 Å². The molecule has 0 unspecified atom stereocenters. The molecule has 0 amide bonds. The minimum atomic E-state index is -0.602. The molecule has 114 valence electrons. The maximum Gasteiger partial charge on any atom is 0.343 e. The first-order valence-corrected chi connectivity index (χ1v) is 6.24. The van der Waals surface area contributed by atoms with E-state index in [2.05, 4.69) is 0 Å². The monoisotopic (exact) mass is 303 g/mol. The fourth-order valence-corrected chi connectivity index (χ4v) is 1.77. The van der Waals surface area contributed by atoms with E-state index in [0.717, 1.165) is 0 Å². The third-order valence-corrected chi connectivity index (χ3v) is 2.88. The molecule has 0 aliphatic carbocycles. The average Bonchev–Trinajstić information content (AvgIpc) is 2.54. The standard InChI is InChI=1S/C15H13NO6/c1-20-13-8-3-10(9-14(13)21-2)15(17)22-12-6-4-11(5-7-12)16(18)19/h3-9H,1-2H3. The second-order valence-electron chi connectivity index (χ2n) is 4.21. The maximum atomic E-state index is 12.0. The number of rotatable bonds is 5. The molecule has 0 heterocycles. The molecule has 0 bridgehead atoms. The normalized spacial score (nSPS) is 9.91. The molecule has 0 aliphatic heterocycles. The van der Waals surface area contributed by atoms with Crippen LogP contribution in [0.4, 0.5) is 5.69 Å². The van der Waals surface area contributed by atoms with Crippen molar-refractivity contribution >= 4 is 11.7 Å². The molecule has 0 spiro atoms. The molecule has 0 saturated carbocycles. The van der Waals surface area contributed by atoms with Crippen molar-refractivity contribution in [1.29, 1.82) is 0 Å². The number of non-ortho nitro benzene ring substituents is 1. The second kappa shape index (κ2) is 6.57. The van der Waals surface area contributed by atoms with Gasteiger partial charge in [0.1, 0.15) is 5.75 Å². The van der Waals surface area contributed by atoms with E-state index in [0.29, 0.717) is 11.5 Å². The van der Waals surface area contributed by atoms with Crippen LogP contribution in [0.2, 0.25) is 0 Å². The van der Waals surface area contributed by atoms with Crippen LogP contribution < -0.4 is 14.2 Å². The summed E-state index contributed by atoms with van der Waals surface area (Å²) in [6, 6.07) is 9.86. The smallest absolute Gasteiger partial charge is 0.343 e. The van der Waals surface area contributed by atoms with Crippen molar-refractivity contribution in [3.8, 4) is 17.2 Å². The zero-order valence-electron chi connectivity index (χ0n) is 11.9. The van der Waals surface area contributed by atoms with E-state index < -0.39 is 10.9 Å². The quantitative estimate of drug-likeness (QED) is 0.365. The number of carbonyl (C=O) groups is 1. The number of hydrogen-bond donors (Lipinski definition) is 0. The molecule has 7 nitrogen and oxygen atoms in total. The van der Waals surface area contributed by atoms with Gasteiger partial charge in [0.05, 0.1) is 24.7 Å². The van der Waals surface area contributed by atoms with Crippen LogP contribution in [0.1, 0.15) is 10.4 Å². The van der Waals surface area contributed by atoms with Crippen molar-refractivity contribution in [3.05, 3.63) is 58.1 Å². The van der Waals surface area contributed by atoms with Gasteiger partial charge in [0.25, 0.3) is 5.69 Å². The first-order chi connectivity index (χ1) is 10.5. The lowest BCUT2D eigenvalue weighted by atomic mass is 10.2. The molecule has 0 saturated heterocycles. The van der Waals surface area contributed by atoms with Crippen molar-refractivity contribution in [2.75, 3.05) is 14.2 Å². The Morgan fingerprint density at radius 1 is 1.00 bits per heavy atom. The summed E-state index contributed by atoms with van der Waals surface area (Å²) in [7, 11) is 2.95. The lowest BCUT2D eigenvalue weighted by molar-refractivity contribution is -0.384. The summed E-state index contributed by atoms with van der Waals surface area (Å²) in [6.07, 6.45) is 0. The van der Waals surface area contributed by atoms with Crippen LogP contribution in [0.5, 0.6) is 17.2 Å². The van der Waals surface area contributed by atoms with E-state index in [-0.39, 0.29) is 17.0 Å². The predicted octanol–water partition coefficient (Wildman–Crippen LogP) is 2.83. The minimum Gasteiger partial charge on any atom is -0.493 e. The van der Waals surface area contributed by atoms with Crippen LogP contribution in [-0.4, -0.2) is 25.1 Å². The van der Waals surface area contributed by atoms with Crippen molar-refractivity contribution in [1.82, 2.24) is 0 Å². The molecule has 0 fully saturated rings. The number of hydrogen-bond acceptors (Lipinski definition) is 6. The van der Waals surface area contributed by atoms with Crippen molar-refractivity contribution < 1.29 is 23.9 Å². The van der Waals surface area contributed by atoms with Gasteiger partial charge in [0.15, 0.2) is 11.5 Å². The maximum absolute atomic E-state index is 12.0. The van der Waals surface area contributed by atoms with Crippen molar-refractivity contribution in [3.63, 3.8) is 0 Å². The number of nitro groups is 1.